The Balaban J connectivity index is 1.88. The number of hydrogen-bond donors (Lipinski definition) is 2. The van der Waals surface area contributed by atoms with Gasteiger partial charge in [-0.2, -0.15) is 0 Å². The summed E-state index contributed by atoms with van der Waals surface area (Å²) in [5.74, 6) is -1.30. The maximum Gasteiger partial charge on any atom is 0.169 e. The first-order valence-electron chi connectivity index (χ1n) is 7.16. The van der Waals surface area contributed by atoms with Crippen LogP contribution in [0.1, 0.15) is 24.5 Å². The number of hydrogen-bond acceptors (Lipinski definition) is 3. The van der Waals surface area contributed by atoms with Gasteiger partial charge in [-0.15, -0.1) is 0 Å². The number of nitrogens with one attached hydrogen (secondary N) is 2. The van der Waals surface area contributed by atoms with E-state index in [1.54, 1.807) is 0 Å². The third-order valence-corrected chi connectivity index (χ3v) is 3.63. The summed E-state index contributed by atoms with van der Waals surface area (Å²) in [6.45, 7) is 2.35. The minimum atomic E-state index is -0.699. The van der Waals surface area contributed by atoms with Gasteiger partial charge in [0.25, 0.3) is 0 Å². The molecule has 5 heteroatoms. The highest BCUT2D eigenvalue weighted by atomic mass is 19.1. The summed E-state index contributed by atoms with van der Waals surface area (Å²) < 4.78 is 27.4. The van der Waals surface area contributed by atoms with E-state index in [0.29, 0.717) is 6.54 Å². The lowest BCUT2D eigenvalue weighted by Crippen LogP contribution is -2.06. The van der Waals surface area contributed by atoms with E-state index >= 15 is 0 Å². The summed E-state index contributed by atoms with van der Waals surface area (Å²) in [5.41, 5.74) is 3.41. The molecule has 0 radical (unpaired) electrons. The molecule has 0 amide bonds. The average molecular weight is 289 g/mol. The van der Waals surface area contributed by atoms with Gasteiger partial charge in [-0.05, 0) is 49.4 Å². The molecule has 2 aromatic rings. The van der Waals surface area contributed by atoms with Crippen LogP contribution in [0.2, 0.25) is 0 Å². The van der Waals surface area contributed by atoms with Crippen LogP contribution in [0.5, 0.6) is 0 Å². The second kappa shape index (κ2) is 5.68. The molecule has 110 valence electrons. The maximum atomic E-state index is 13.8. The molecule has 1 aromatic carbocycles. The Bertz CT molecular complexity index is 671. The average Bonchev–Trinajstić information content (AvgIpc) is 2.92. The molecule has 0 unspecified atom stereocenters. The fourth-order valence-electron chi connectivity index (χ4n) is 2.63. The topological polar surface area (TPSA) is 37.0 Å². The van der Waals surface area contributed by atoms with E-state index in [9.17, 15) is 8.78 Å². The van der Waals surface area contributed by atoms with Crippen molar-refractivity contribution in [2.24, 2.45) is 0 Å². The van der Waals surface area contributed by atoms with Gasteiger partial charge in [0.15, 0.2) is 23.3 Å². The van der Waals surface area contributed by atoms with E-state index in [4.69, 9.17) is 0 Å². The highest BCUT2D eigenvalue weighted by molar-refractivity contribution is 5.61. The zero-order valence-electron chi connectivity index (χ0n) is 11.8. The molecule has 0 atom stereocenters. The molecule has 0 spiro atoms. The first-order chi connectivity index (χ1) is 10.2. The van der Waals surface area contributed by atoms with Crippen molar-refractivity contribution < 1.29 is 8.78 Å². The van der Waals surface area contributed by atoms with E-state index in [2.05, 4.69) is 21.7 Å². The molecule has 3 nitrogen and oxygen atoms in total. The lowest BCUT2D eigenvalue weighted by atomic mass is 10.1. The van der Waals surface area contributed by atoms with Crippen LogP contribution >= 0.6 is 0 Å². The van der Waals surface area contributed by atoms with Crippen LogP contribution in [-0.4, -0.2) is 11.5 Å². The van der Waals surface area contributed by atoms with Gasteiger partial charge in [0, 0.05) is 18.3 Å². The van der Waals surface area contributed by atoms with Crippen LogP contribution in [0.4, 0.5) is 26.1 Å². The van der Waals surface area contributed by atoms with Crippen LogP contribution in [0, 0.1) is 11.6 Å². The Morgan fingerprint density at radius 3 is 2.62 bits per heavy atom. The van der Waals surface area contributed by atoms with Crippen molar-refractivity contribution in [3.8, 4) is 0 Å². The van der Waals surface area contributed by atoms with Crippen molar-refractivity contribution in [1.29, 1.82) is 0 Å². The van der Waals surface area contributed by atoms with Crippen molar-refractivity contribution in [3.05, 3.63) is 47.0 Å². The van der Waals surface area contributed by atoms with Gasteiger partial charge in [0.1, 0.15) is 0 Å². The molecule has 3 rings (SSSR count). The van der Waals surface area contributed by atoms with E-state index in [1.807, 2.05) is 19.1 Å². The summed E-state index contributed by atoms with van der Waals surface area (Å²) in [6.07, 6.45) is 3.31. The number of pyridine rings is 1. The monoisotopic (exact) mass is 289 g/mol. The van der Waals surface area contributed by atoms with Crippen molar-refractivity contribution in [1.82, 2.24) is 4.98 Å². The minimum Gasteiger partial charge on any atom is -0.368 e. The standard InChI is InChI=1S/C16H17F2N3/c1-2-19-15-13(17)9-14(18)16(21-15)20-12-7-6-10-4-3-5-11(10)8-12/h6-9H,2-5H2,1H3,(H2,19,20,21). The highest BCUT2D eigenvalue weighted by Gasteiger charge is 2.14. The first kappa shape index (κ1) is 13.8. The summed E-state index contributed by atoms with van der Waals surface area (Å²) in [4.78, 5) is 3.98. The molecule has 1 aliphatic rings. The molecule has 1 heterocycles. The number of fused-ring (bicyclic) bond motifs is 1. The number of aryl methyl sites for hydroxylation is 2. The van der Waals surface area contributed by atoms with Crippen molar-refractivity contribution >= 4 is 17.3 Å². The Morgan fingerprint density at radius 2 is 1.81 bits per heavy atom. The summed E-state index contributed by atoms with van der Waals surface area (Å²) in [6, 6.07) is 6.82. The van der Waals surface area contributed by atoms with Gasteiger partial charge in [-0.1, -0.05) is 6.07 Å². The first-order valence-corrected chi connectivity index (χ1v) is 7.16. The molecule has 2 N–H and O–H groups in total. The predicted molar refractivity (Wildman–Crippen MR) is 80.1 cm³/mol. The Labute approximate surface area is 122 Å². The lowest BCUT2D eigenvalue weighted by molar-refractivity contribution is 0.579. The highest BCUT2D eigenvalue weighted by Crippen LogP contribution is 2.27. The molecule has 21 heavy (non-hydrogen) atoms. The smallest absolute Gasteiger partial charge is 0.169 e. The second-order valence-corrected chi connectivity index (χ2v) is 5.14. The predicted octanol–water partition coefficient (Wildman–Crippen LogP) is 4.02. The normalized spacial score (nSPS) is 13.1. The number of nitrogens with zero attached hydrogens (tertiary/aromatic N) is 1. The number of anilines is 3. The molecule has 1 aliphatic carbocycles. The maximum absolute atomic E-state index is 13.8. The molecule has 0 fully saturated rings. The zero-order valence-corrected chi connectivity index (χ0v) is 11.8. The fourth-order valence-corrected chi connectivity index (χ4v) is 2.63. The number of benzene rings is 1. The van der Waals surface area contributed by atoms with Crippen LogP contribution in [-0.2, 0) is 12.8 Å². The third kappa shape index (κ3) is 2.82. The summed E-state index contributed by atoms with van der Waals surface area (Å²) in [5, 5.41) is 5.71. The van der Waals surface area contributed by atoms with Crippen molar-refractivity contribution in [2.45, 2.75) is 26.2 Å². The lowest BCUT2D eigenvalue weighted by Gasteiger charge is -2.11. The van der Waals surface area contributed by atoms with E-state index < -0.39 is 11.6 Å². The summed E-state index contributed by atoms with van der Waals surface area (Å²) >= 11 is 0. The van der Waals surface area contributed by atoms with Gasteiger partial charge in [-0.25, -0.2) is 13.8 Å². The van der Waals surface area contributed by atoms with Crippen molar-refractivity contribution in [2.75, 3.05) is 17.2 Å². The van der Waals surface area contributed by atoms with Crippen LogP contribution in [0.25, 0.3) is 0 Å². The Hall–Kier alpha value is -2.17. The van der Waals surface area contributed by atoms with Gasteiger partial charge in [-0.3, -0.25) is 0 Å². The molecule has 0 saturated heterocycles. The Kier molecular flexibility index (Phi) is 3.73. The SMILES string of the molecule is CCNc1nc(Nc2ccc3c(c2)CCC3)c(F)cc1F. The Morgan fingerprint density at radius 1 is 1.05 bits per heavy atom. The van der Waals surface area contributed by atoms with Crippen LogP contribution in [0.3, 0.4) is 0 Å². The van der Waals surface area contributed by atoms with Gasteiger partial charge in [0.05, 0.1) is 0 Å². The fraction of sp³-hybridized carbons (Fsp3) is 0.312. The van der Waals surface area contributed by atoms with Crippen LogP contribution in [0.15, 0.2) is 24.3 Å². The zero-order chi connectivity index (χ0) is 14.8. The largest absolute Gasteiger partial charge is 0.368 e. The van der Waals surface area contributed by atoms with Crippen molar-refractivity contribution in [3.63, 3.8) is 0 Å². The second-order valence-electron chi connectivity index (χ2n) is 5.14. The van der Waals surface area contributed by atoms with Gasteiger partial charge >= 0.3 is 0 Å². The molecule has 0 saturated carbocycles. The van der Waals surface area contributed by atoms with Gasteiger partial charge in [0.2, 0.25) is 0 Å². The van der Waals surface area contributed by atoms with E-state index in [-0.39, 0.29) is 11.6 Å². The number of rotatable bonds is 4. The molecule has 0 bridgehead atoms. The summed E-state index contributed by atoms with van der Waals surface area (Å²) in [7, 11) is 0. The molecule has 1 aromatic heterocycles. The van der Waals surface area contributed by atoms with Gasteiger partial charge < -0.3 is 10.6 Å². The molecular formula is C16H17F2N3. The number of halogens is 2. The van der Waals surface area contributed by atoms with E-state index in [0.717, 1.165) is 31.0 Å². The third-order valence-electron chi connectivity index (χ3n) is 3.63. The minimum absolute atomic E-state index is 0.0327. The quantitative estimate of drug-likeness (QED) is 0.892. The van der Waals surface area contributed by atoms with E-state index in [1.165, 1.54) is 11.1 Å². The molecular weight excluding hydrogens is 272 g/mol. The number of aromatic nitrogens is 1. The van der Waals surface area contributed by atoms with Crippen LogP contribution < -0.4 is 10.6 Å². The molecule has 0 aliphatic heterocycles.